The van der Waals surface area contributed by atoms with Crippen molar-refractivity contribution in [1.82, 2.24) is 20.1 Å². The molecule has 1 unspecified atom stereocenters. The van der Waals surface area contributed by atoms with Crippen molar-refractivity contribution in [3.8, 4) is 5.82 Å². The molecule has 4 rings (SSSR count). The topological polar surface area (TPSA) is 80.0 Å². The van der Waals surface area contributed by atoms with E-state index in [1.807, 2.05) is 24.5 Å². The SMILES string of the molecule is C1=C(c2ccccc2)CCCC1NCc1ccc(-n2cccn2)nc1.O=C(O)C(F)(F)F. The van der Waals surface area contributed by atoms with Gasteiger partial charge in [-0.25, -0.2) is 14.5 Å². The van der Waals surface area contributed by atoms with E-state index in [0.717, 1.165) is 12.4 Å². The number of nitrogens with one attached hydrogen (secondary N) is 1. The third-order valence-electron chi connectivity index (χ3n) is 4.87. The van der Waals surface area contributed by atoms with Crippen LogP contribution in [0.3, 0.4) is 0 Å². The summed E-state index contributed by atoms with van der Waals surface area (Å²) in [6.07, 6.45) is 6.49. The number of hydrogen-bond donors (Lipinski definition) is 2. The maximum absolute atomic E-state index is 10.6. The molecule has 1 aromatic carbocycles. The van der Waals surface area contributed by atoms with Crippen molar-refractivity contribution in [2.24, 2.45) is 0 Å². The van der Waals surface area contributed by atoms with Crippen LogP contribution in [0.25, 0.3) is 11.4 Å². The lowest BCUT2D eigenvalue weighted by Crippen LogP contribution is -2.28. The van der Waals surface area contributed by atoms with E-state index in [4.69, 9.17) is 9.90 Å². The van der Waals surface area contributed by atoms with Gasteiger partial charge in [0.15, 0.2) is 5.82 Å². The molecule has 2 N–H and O–H groups in total. The summed E-state index contributed by atoms with van der Waals surface area (Å²) in [5.41, 5.74) is 3.99. The number of carbonyl (C=O) groups is 1. The van der Waals surface area contributed by atoms with E-state index in [1.54, 1.807) is 10.9 Å². The molecule has 0 spiro atoms. The van der Waals surface area contributed by atoms with Crippen molar-refractivity contribution in [1.29, 1.82) is 0 Å². The molecule has 0 bridgehead atoms. The van der Waals surface area contributed by atoms with Crippen LogP contribution < -0.4 is 5.32 Å². The summed E-state index contributed by atoms with van der Waals surface area (Å²) in [6, 6.07) is 17.1. The highest BCUT2D eigenvalue weighted by Gasteiger charge is 2.38. The average Bonchev–Trinajstić information content (AvgIpc) is 3.34. The number of alkyl halides is 3. The van der Waals surface area contributed by atoms with E-state index >= 15 is 0 Å². The number of carboxylic acids is 1. The zero-order chi connectivity index (χ0) is 23.0. The van der Waals surface area contributed by atoms with Gasteiger partial charge in [-0.05, 0) is 48.1 Å². The van der Waals surface area contributed by atoms with E-state index in [2.05, 4.69) is 57.9 Å². The number of aromatic nitrogens is 3. The molecule has 2 heterocycles. The highest BCUT2D eigenvalue weighted by atomic mass is 19.4. The molecule has 0 aliphatic heterocycles. The molecule has 1 aliphatic carbocycles. The van der Waals surface area contributed by atoms with E-state index < -0.39 is 12.1 Å². The molecule has 9 heteroatoms. The largest absolute Gasteiger partial charge is 0.490 e. The molecule has 0 saturated carbocycles. The van der Waals surface area contributed by atoms with Crippen molar-refractivity contribution in [2.45, 2.75) is 38.0 Å². The molecule has 0 amide bonds. The molecule has 1 aliphatic rings. The van der Waals surface area contributed by atoms with E-state index in [0.29, 0.717) is 6.04 Å². The number of allylic oxidation sites excluding steroid dienone is 1. The number of hydrogen-bond acceptors (Lipinski definition) is 4. The van der Waals surface area contributed by atoms with Crippen molar-refractivity contribution in [3.05, 3.63) is 84.3 Å². The van der Waals surface area contributed by atoms with E-state index in [-0.39, 0.29) is 0 Å². The van der Waals surface area contributed by atoms with Crippen LogP contribution in [-0.4, -0.2) is 38.1 Å². The minimum atomic E-state index is -5.08. The Labute approximate surface area is 183 Å². The molecule has 168 valence electrons. The summed E-state index contributed by atoms with van der Waals surface area (Å²) in [5.74, 6) is -1.91. The van der Waals surface area contributed by atoms with Gasteiger partial charge in [0, 0.05) is 31.2 Å². The maximum Gasteiger partial charge on any atom is 0.490 e. The molecular weight excluding hydrogens is 421 g/mol. The fourth-order valence-corrected chi connectivity index (χ4v) is 3.29. The zero-order valence-electron chi connectivity index (χ0n) is 17.2. The molecule has 1 atom stereocenters. The van der Waals surface area contributed by atoms with Crippen molar-refractivity contribution >= 4 is 11.5 Å². The van der Waals surface area contributed by atoms with Crippen LogP contribution in [0.15, 0.2) is 73.2 Å². The lowest BCUT2D eigenvalue weighted by atomic mass is 9.91. The Morgan fingerprint density at radius 1 is 1.16 bits per heavy atom. The van der Waals surface area contributed by atoms with Crippen LogP contribution in [0.1, 0.15) is 30.4 Å². The lowest BCUT2D eigenvalue weighted by molar-refractivity contribution is -0.192. The zero-order valence-corrected chi connectivity index (χ0v) is 17.2. The van der Waals surface area contributed by atoms with Gasteiger partial charge in [0.2, 0.25) is 0 Å². The Morgan fingerprint density at radius 2 is 1.91 bits per heavy atom. The summed E-state index contributed by atoms with van der Waals surface area (Å²) in [7, 11) is 0. The second kappa shape index (κ2) is 10.7. The Morgan fingerprint density at radius 3 is 2.50 bits per heavy atom. The molecule has 0 saturated heterocycles. The molecule has 3 aromatic rings. The van der Waals surface area contributed by atoms with Gasteiger partial charge in [-0.2, -0.15) is 18.3 Å². The summed E-state index contributed by atoms with van der Waals surface area (Å²) in [5, 5.41) is 15.0. The highest BCUT2D eigenvalue weighted by Crippen LogP contribution is 2.26. The average molecular weight is 444 g/mol. The molecule has 6 nitrogen and oxygen atoms in total. The van der Waals surface area contributed by atoms with Crippen LogP contribution in [0, 0.1) is 0 Å². The number of nitrogens with zero attached hydrogens (tertiary/aromatic N) is 3. The predicted molar refractivity (Wildman–Crippen MR) is 114 cm³/mol. The van der Waals surface area contributed by atoms with Gasteiger partial charge in [0.1, 0.15) is 0 Å². The maximum atomic E-state index is 10.6. The molecule has 2 aromatic heterocycles. The summed E-state index contributed by atoms with van der Waals surface area (Å²) in [4.78, 5) is 13.4. The molecule has 0 radical (unpaired) electrons. The second-order valence-corrected chi connectivity index (χ2v) is 7.22. The molecule has 0 fully saturated rings. The van der Waals surface area contributed by atoms with Crippen LogP contribution in [-0.2, 0) is 11.3 Å². The molecular formula is C23H23F3N4O2. The predicted octanol–water partition coefficient (Wildman–Crippen LogP) is 4.63. The van der Waals surface area contributed by atoms with Crippen molar-refractivity contribution in [2.75, 3.05) is 0 Å². The normalized spacial score (nSPS) is 16.0. The number of rotatable bonds is 5. The lowest BCUT2D eigenvalue weighted by Gasteiger charge is -2.22. The number of halogens is 3. The van der Waals surface area contributed by atoms with Gasteiger partial charge >= 0.3 is 12.1 Å². The Kier molecular flexibility index (Phi) is 7.77. The van der Waals surface area contributed by atoms with Gasteiger partial charge in [0.05, 0.1) is 0 Å². The van der Waals surface area contributed by atoms with Crippen molar-refractivity contribution in [3.63, 3.8) is 0 Å². The minimum absolute atomic E-state index is 0.426. The monoisotopic (exact) mass is 444 g/mol. The third-order valence-corrected chi connectivity index (χ3v) is 4.87. The Balaban J connectivity index is 0.000000360. The molecule has 32 heavy (non-hydrogen) atoms. The summed E-state index contributed by atoms with van der Waals surface area (Å²) < 4.78 is 33.5. The summed E-state index contributed by atoms with van der Waals surface area (Å²) in [6.45, 7) is 0.829. The minimum Gasteiger partial charge on any atom is -0.475 e. The first-order valence-corrected chi connectivity index (χ1v) is 10.1. The van der Waals surface area contributed by atoms with E-state index in [9.17, 15) is 13.2 Å². The quantitative estimate of drug-likeness (QED) is 0.600. The van der Waals surface area contributed by atoms with Crippen LogP contribution in [0.4, 0.5) is 13.2 Å². The van der Waals surface area contributed by atoms with Gasteiger partial charge in [-0.15, -0.1) is 0 Å². The van der Waals surface area contributed by atoms with Gasteiger partial charge in [-0.1, -0.05) is 42.5 Å². The second-order valence-electron chi connectivity index (χ2n) is 7.22. The first-order chi connectivity index (χ1) is 15.3. The van der Waals surface area contributed by atoms with Gasteiger partial charge < -0.3 is 10.4 Å². The van der Waals surface area contributed by atoms with Crippen molar-refractivity contribution < 1.29 is 23.1 Å². The smallest absolute Gasteiger partial charge is 0.475 e. The number of benzene rings is 1. The number of pyridine rings is 1. The van der Waals surface area contributed by atoms with Crippen LogP contribution in [0.5, 0.6) is 0 Å². The summed E-state index contributed by atoms with van der Waals surface area (Å²) >= 11 is 0. The highest BCUT2D eigenvalue weighted by molar-refractivity contribution is 5.73. The standard InChI is InChI=1S/C21H22N4.C2HF3O2/c1-2-6-18(7-3-1)19-8-4-9-20(14-19)22-15-17-10-11-21(23-16-17)25-13-5-12-24-25;3-2(4,5)1(6)7/h1-3,5-7,10-14,16,20,22H,4,8-9,15H2;(H,6,7). The van der Waals surface area contributed by atoms with Crippen LogP contribution in [0.2, 0.25) is 0 Å². The first kappa shape index (κ1) is 23.2. The Hall–Kier alpha value is -3.46. The fourth-order valence-electron chi connectivity index (χ4n) is 3.29. The van der Waals surface area contributed by atoms with E-state index in [1.165, 1.54) is 36.0 Å². The van der Waals surface area contributed by atoms with Gasteiger partial charge in [-0.3, -0.25) is 0 Å². The third kappa shape index (κ3) is 6.78. The Bertz CT molecular complexity index is 1020. The van der Waals surface area contributed by atoms with Gasteiger partial charge in [0.25, 0.3) is 0 Å². The van der Waals surface area contributed by atoms with Crippen LogP contribution >= 0.6 is 0 Å². The fraction of sp³-hybridized carbons (Fsp3) is 0.261. The number of carboxylic acid groups (broad SMARTS) is 1. The first-order valence-electron chi connectivity index (χ1n) is 10.1. The number of aliphatic carboxylic acids is 1.